The van der Waals surface area contributed by atoms with Gasteiger partial charge in [0.25, 0.3) is 5.91 Å². The molecule has 2 aromatic heterocycles. The molecule has 1 aromatic carbocycles. The number of amides is 2. The van der Waals surface area contributed by atoms with Gasteiger partial charge in [0.05, 0.1) is 5.92 Å². The number of aryl methyl sites for hydroxylation is 2. The average Bonchev–Trinajstić information content (AvgIpc) is 3.42. The molecule has 2 amide bonds. The van der Waals surface area contributed by atoms with E-state index in [1.165, 1.54) is 29.7 Å². The minimum absolute atomic E-state index is 0.0903. The lowest BCUT2D eigenvalue weighted by Gasteiger charge is -2.38. The standard InChI is InChI=1S/C31H40N6O4S/c1-20-17-22(24-7-4-5-8-26(24)32-20)19-41-23-12-10-21(11-13-23)29(39)33-27-14-16-37(28(38)9-6-15-36(2)3)18-25(27)30-34-35-31(40)42-30/h10-13,17,25,27H,4-9,14-16,18-19H2,1-3H3,(H,33,39)(H,35,40)/t25-,27+/m0/s1. The van der Waals surface area contributed by atoms with E-state index in [1.54, 1.807) is 12.1 Å². The summed E-state index contributed by atoms with van der Waals surface area (Å²) < 4.78 is 6.11. The maximum atomic E-state index is 13.3. The van der Waals surface area contributed by atoms with Gasteiger partial charge in [-0.1, -0.05) is 11.3 Å². The zero-order valence-corrected chi connectivity index (χ0v) is 25.5. The van der Waals surface area contributed by atoms with Gasteiger partial charge >= 0.3 is 4.87 Å². The van der Waals surface area contributed by atoms with Crippen LogP contribution in [0.1, 0.15) is 75.9 Å². The number of nitrogens with one attached hydrogen (secondary N) is 2. The van der Waals surface area contributed by atoms with Crippen LogP contribution in [0.15, 0.2) is 35.1 Å². The summed E-state index contributed by atoms with van der Waals surface area (Å²) in [6, 6.07) is 9.04. The summed E-state index contributed by atoms with van der Waals surface area (Å²) in [6.45, 7) is 4.30. The van der Waals surface area contributed by atoms with Crippen LogP contribution in [0.2, 0.25) is 0 Å². The highest BCUT2D eigenvalue weighted by Gasteiger charge is 2.35. The van der Waals surface area contributed by atoms with Gasteiger partial charge in [-0.05, 0) is 108 Å². The van der Waals surface area contributed by atoms with E-state index < -0.39 is 0 Å². The molecule has 1 fully saturated rings. The number of aromatic amines is 1. The molecule has 0 unspecified atom stereocenters. The van der Waals surface area contributed by atoms with Gasteiger partial charge in [0, 0.05) is 42.5 Å². The van der Waals surface area contributed by atoms with Gasteiger partial charge in [0.2, 0.25) is 5.91 Å². The Morgan fingerprint density at radius 1 is 1.19 bits per heavy atom. The number of ether oxygens (including phenoxy) is 1. The molecule has 2 atom stereocenters. The van der Waals surface area contributed by atoms with Gasteiger partial charge in [0.15, 0.2) is 0 Å². The summed E-state index contributed by atoms with van der Waals surface area (Å²) in [6.07, 6.45) is 6.27. The van der Waals surface area contributed by atoms with Crippen molar-refractivity contribution in [2.24, 2.45) is 0 Å². The summed E-state index contributed by atoms with van der Waals surface area (Å²) in [7, 11) is 3.98. The number of nitrogens with zero attached hydrogens (tertiary/aromatic N) is 4. The molecule has 1 saturated heterocycles. The lowest BCUT2D eigenvalue weighted by Crippen LogP contribution is -2.51. The number of hydrogen-bond acceptors (Lipinski definition) is 8. The smallest absolute Gasteiger partial charge is 0.322 e. The van der Waals surface area contributed by atoms with Crippen LogP contribution in [0, 0.1) is 6.92 Å². The van der Waals surface area contributed by atoms with Gasteiger partial charge in [-0.2, -0.15) is 5.10 Å². The second-order valence-electron chi connectivity index (χ2n) is 11.5. The Kier molecular flexibility index (Phi) is 9.69. The normalized spacial score (nSPS) is 18.5. The molecule has 11 heteroatoms. The SMILES string of the molecule is Cc1cc(COc2ccc(C(=O)N[C@@H]3CCN(C(=O)CCCN(C)C)C[C@@H]3c3n[nH]c(=O)s3)cc2)c2c(n1)CCCC2. The fourth-order valence-corrected chi connectivity index (χ4v) is 6.66. The molecular formula is C31H40N6O4S. The van der Waals surface area contributed by atoms with Crippen LogP contribution < -0.4 is 14.9 Å². The number of fused-ring (bicyclic) bond motifs is 1. The van der Waals surface area contributed by atoms with Crippen LogP contribution in [0.25, 0.3) is 0 Å². The van der Waals surface area contributed by atoms with E-state index in [0.29, 0.717) is 48.9 Å². The molecule has 10 nitrogen and oxygen atoms in total. The molecule has 0 spiro atoms. The van der Waals surface area contributed by atoms with Crippen molar-refractivity contribution in [1.82, 2.24) is 30.3 Å². The van der Waals surface area contributed by atoms with Gasteiger partial charge < -0.3 is 19.9 Å². The second kappa shape index (κ2) is 13.6. The van der Waals surface area contributed by atoms with Gasteiger partial charge in [-0.15, -0.1) is 0 Å². The molecule has 0 bridgehead atoms. The van der Waals surface area contributed by atoms with E-state index in [-0.39, 0.29) is 28.6 Å². The molecule has 42 heavy (non-hydrogen) atoms. The second-order valence-corrected chi connectivity index (χ2v) is 12.5. The monoisotopic (exact) mass is 592 g/mol. The van der Waals surface area contributed by atoms with Crippen LogP contribution in [0.4, 0.5) is 0 Å². The predicted molar refractivity (Wildman–Crippen MR) is 162 cm³/mol. The highest BCUT2D eigenvalue weighted by Crippen LogP contribution is 2.29. The molecule has 1 aliphatic heterocycles. The lowest BCUT2D eigenvalue weighted by molar-refractivity contribution is -0.132. The number of likely N-dealkylation sites (tertiary alicyclic amines) is 1. The third-order valence-corrected chi connectivity index (χ3v) is 8.96. The lowest BCUT2D eigenvalue weighted by atomic mass is 9.91. The number of aromatic nitrogens is 3. The van der Waals surface area contributed by atoms with Crippen molar-refractivity contribution in [3.05, 3.63) is 73.1 Å². The Hall–Kier alpha value is -3.57. The first-order chi connectivity index (χ1) is 20.3. The molecule has 224 valence electrons. The maximum absolute atomic E-state index is 13.3. The topological polar surface area (TPSA) is 121 Å². The fraction of sp³-hybridized carbons (Fsp3) is 0.516. The van der Waals surface area contributed by atoms with E-state index in [0.717, 1.165) is 42.8 Å². The third kappa shape index (κ3) is 7.43. The highest BCUT2D eigenvalue weighted by molar-refractivity contribution is 7.08. The Balaban J connectivity index is 1.21. The molecule has 0 saturated carbocycles. The van der Waals surface area contributed by atoms with Crippen LogP contribution in [0.5, 0.6) is 5.75 Å². The zero-order chi connectivity index (χ0) is 29.6. The Labute approximate surface area is 250 Å². The summed E-state index contributed by atoms with van der Waals surface area (Å²) in [5.41, 5.74) is 5.25. The molecule has 2 N–H and O–H groups in total. The minimum atomic E-state index is -0.262. The Bertz CT molecular complexity index is 1450. The molecular weight excluding hydrogens is 552 g/mol. The van der Waals surface area contributed by atoms with E-state index in [4.69, 9.17) is 9.72 Å². The summed E-state index contributed by atoms with van der Waals surface area (Å²) in [4.78, 5) is 46.4. The first-order valence-electron chi connectivity index (χ1n) is 14.8. The number of carbonyl (C=O) groups is 2. The highest BCUT2D eigenvalue weighted by atomic mass is 32.1. The maximum Gasteiger partial charge on any atom is 0.322 e. The number of hydrogen-bond donors (Lipinski definition) is 2. The first kappa shape index (κ1) is 29.9. The van der Waals surface area contributed by atoms with E-state index in [9.17, 15) is 14.4 Å². The number of H-pyrrole nitrogens is 1. The quantitative estimate of drug-likeness (QED) is 0.370. The van der Waals surface area contributed by atoms with Crippen LogP contribution in [-0.2, 0) is 24.2 Å². The molecule has 2 aliphatic rings. The van der Waals surface area contributed by atoms with Crippen LogP contribution in [-0.4, -0.2) is 76.6 Å². The Morgan fingerprint density at radius 2 is 1.98 bits per heavy atom. The number of benzene rings is 1. The van der Waals surface area contributed by atoms with Crippen molar-refractivity contribution in [3.8, 4) is 5.75 Å². The average molecular weight is 593 g/mol. The van der Waals surface area contributed by atoms with Crippen molar-refractivity contribution in [2.75, 3.05) is 33.7 Å². The van der Waals surface area contributed by atoms with Crippen molar-refractivity contribution in [2.45, 2.75) is 70.4 Å². The van der Waals surface area contributed by atoms with E-state index in [2.05, 4.69) is 26.5 Å². The number of rotatable bonds is 10. The van der Waals surface area contributed by atoms with Crippen LogP contribution >= 0.6 is 11.3 Å². The number of carbonyl (C=O) groups excluding carboxylic acids is 2. The van der Waals surface area contributed by atoms with E-state index in [1.807, 2.05) is 38.1 Å². The van der Waals surface area contributed by atoms with Gasteiger partial charge in [0.1, 0.15) is 17.4 Å². The molecule has 1 aliphatic carbocycles. The van der Waals surface area contributed by atoms with Crippen molar-refractivity contribution in [1.29, 1.82) is 0 Å². The molecule has 5 rings (SSSR count). The fourth-order valence-electron chi connectivity index (χ4n) is 5.89. The molecule has 0 radical (unpaired) electrons. The number of piperidine rings is 1. The van der Waals surface area contributed by atoms with Gasteiger partial charge in [-0.3, -0.25) is 19.4 Å². The van der Waals surface area contributed by atoms with Gasteiger partial charge in [-0.25, -0.2) is 5.10 Å². The van der Waals surface area contributed by atoms with Crippen molar-refractivity contribution >= 4 is 23.2 Å². The first-order valence-corrected chi connectivity index (χ1v) is 15.6. The molecule has 3 aromatic rings. The van der Waals surface area contributed by atoms with Crippen molar-refractivity contribution in [3.63, 3.8) is 0 Å². The zero-order valence-electron chi connectivity index (χ0n) is 24.6. The van der Waals surface area contributed by atoms with E-state index >= 15 is 0 Å². The predicted octanol–water partition coefficient (Wildman–Crippen LogP) is 3.45. The summed E-state index contributed by atoms with van der Waals surface area (Å²) in [5.74, 6) is 0.323. The third-order valence-electron chi connectivity index (χ3n) is 8.08. The minimum Gasteiger partial charge on any atom is -0.489 e. The molecule has 3 heterocycles. The number of pyridine rings is 1. The summed E-state index contributed by atoms with van der Waals surface area (Å²) in [5, 5.41) is 10.4. The van der Waals surface area contributed by atoms with Crippen LogP contribution in [0.3, 0.4) is 0 Å². The Morgan fingerprint density at radius 3 is 2.71 bits per heavy atom. The summed E-state index contributed by atoms with van der Waals surface area (Å²) >= 11 is 1.03. The van der Waals surface area contributed by atoms with Crippen molar-refractivity contribution < 1.29 is 14.3 Å². The largest absolute Gasteiger partial charge is 0.489 e.